The van der Waals surface area contributed by atoms with E-state index in [1.165, 1.54) is 0 Å². The largest absolute Gasteiger partial charge is 0.484 e. The van der Waals surface area contributed by atoms with Crippen LogP contribution in [0.1, 0.15) is 25.0 Å². The third kappa shape index (κ3) is 3.72. The molecule has 3 heterocycles. The van der Waals surface area contributed by atoms with Crippen LogP contribution in [0, 0.1) is 12.3 Å². The van der Waals surface area contributed by atoms with Crippen LogP contribution in [0.5, 0.6) is 5.75 Å². The highest BCUT2D eigenvalue weighted by atomic mass is 16.5. The monoisotopic (exact) mass is 356 g/mol. The molecule has 138 valence electrons. The molecule has 26 heavy (non-hydrogen) atoms. The first-order valence-electron chi connectivity index (χ1n) is 9.08. The lowest BCUT2D eigenvalue weighted by molar-refractivity contribution is -0.129. The van der Waals surface area contributed by atoms with Gasteiger partial charge in [-0.1, -0.05) is 0 Å². The minimum atomic E-state index is -0.311. The van der Waals surface area contributed by atoms with Gasteiger partial charge in [-0.2, -0.15) is 0 Å². The molecular formula is C19H24N4O3. The first-order valence-corrected chi connectivity index (χ1v) is 9.08. The van der Waals surface area contributed by atoms with E-state index in [9.17, 15) is 4.79 Å². The molecule has 2 atom stereocenters. The SMILES string of the molecule is Cc1ccc(O[C@H]2COCC[C@H]2NC(=O)C2(Cn3ccnc3)CC2)cn1. The van der Waals surface area contributed by atoms with E-state index in [0.29, 0.717) is 25.5 Å². The molecule has 7 heteroatoms. The zero-order chi connectivity index (χ0) is 18.0. The lowest BCUT2D eigenvalue weighted by Gasteiger charge is -2.33. The number of hydrogen-bond donors (Lipinski definition) is 1. The highest BCUT2D eigenvalue weighted by molar-refractivity contribution is 5.85. The van der Waals surface area contributed by atoms with Crippen molar-refractivity contribution in [2.45, 2.75) is 44.9 Å². The highest BCUT2D eigenvalue weighted by Gasteiger charge is 2.51. The lowest BCUT2D eigenvalue weighted by atomic mass is 10.0. The molecule has 0 radical (unpaired) electrons. The van der Waals surface area contributed by atoms with E-state index in [-0.39, 0.29) is 23.5 Å². The van der Waals surface area contributed by atoms with Crippen LogP contribution in [-0.4, -0.2) is 45.8 Å². The molecule has 1 aliphatic heterocycles. The summed E-state index contributed by atoms with van der Waals surface area (Å²) in [6, 6.07) is 3.76. The second-order valence-corrected chi connectivity index (χ2v) is 7.25. The van der Waals surface area contributed by atoms with Crippen molar-refractivity contribution >= 4 is 5.91 Å². The first kappa shape index (κ1) is 17.0. The van der Waals surface area contributed by atoms with Gasteiger partial charge in [0.2, 0.25) is 5.91 Å². The molecule has 0 unspecified atom stereocenters. The van der Waals surface area contributed by atoms with Gasteiger partial charge < -0.3 is 19.4 Å². The van der Waals surface area contributed by atoms with Crippen molar-refractivity contribution < 1.29 is 14.3 Å². The van der Waals surface area contributed by atoms with E-state index in [1.54, 1.807) is 18.7 Å². The molecule has 1 N–H and O–H groups in total. The van der Waals surface area contributed by atoms with Crippen LogP contribution >= 0.6 is 0 Å². The molecule has 0 spiro atoms. The minimum absolute atomic E-state index is 0.0576. The second-order valence-electron chi connectivity index (χ2n) is 7.25. The number of amides is 1. The zero-order valence-corrected chi connectivity index (χ0v) is 14.9. The Labute approximate surface area is 152 Å². The zero-order valence-electron chi connectivity index (χ0n) is 14.9. The summed E-state index contributed by atoms with van der Waals surface area (Å²) in [7, 11) is 0. The Balaban J connectivity index is 1.40. The molecular weight excluding hydrogens is 332 g/mol. The van der Waals surface area contributed by atoms with Gasteiger partial charge in [-0.15, -0.1) is 0 Å². The van der Waals surface area contributed by atoms with E-state index in [4.69, 9.17) is 9.47 Å². The van der Waals surface area contributed by atoms with Gasteiger partial charge >= 0.3 is 0 Å². The van der Waals surface area contributed by atoms with Crippen LogP contribution in [0.4, 0.5) is 0 Å². The number of hydrogen-bond acceptors (Lipinski definition) is 5. The van der Waals surface area contributed by atoms with E-state index in [2.05, 4.69) is 15.3 Å². The maximum Gasteiger partial charge on any atom is 0.228 e. The number of aromatic nitrogens is 3. The summed E-state index contributed by atoms with van der Waals surface area (Å²) in [5.74, 6) is 0.804. The fourth-order valence-corrected chi connectivity index (χ4v) is 3.35. The Morgan fingerprint density at radius 3 is 3.04 bits per heavy atom. The Hall–Kier alpha value is -2.41. The van der Waals surface area contributed by atoms with Crippen molar-refractivity contribution in [2.75, 3.05) is 13.2 Å². The maximum absolute atomic E-state index is 12.9. The van der Waals surface area contributed by atoms with E-state index >= 15 is 0 Å². The number of pyridine rings is 1. The first-order chi connectivity index (χ1) is 12.6. The molecule has 7 nitrogen and oxygen atoms in total. The Morgan fingerprint density at radius 2 is 2.35 bits per heavy atom. The van der Waals surface area contributed by atoms with Crippen LogP contribution in [0.25, 0.3) is 0 Å². The second kappa shape index (κ2) is 7.07. The van der Waals surface area contributed by atoms with Crippen LogP contribution in [0.15, 0.2) is 37.1 Å². The number of aryl methyl sites for hydroxylation is 1. The fraction of sp³-hybridized carbons (Fsp3) is 0.526. The van der Waals surface area contributed by atoms with Gasteiger partial charge in [0.1, 0.15) is 11.9 Å². The smallest absolute Gasteiger partial charge is 0.228 e. The number of imidazole rings is 1. The molecule has 2 aromatic heterocycles. The van der Waals surface area contributed by atoms with E-state index in [0.717, 1.165) is 25.0 Å². The topological polar surface area (TPSA) is 78.3 Å². The third-order valence-electron chi connectivity index (χ3n) is 5.17. The molecule has 2 fully saturated rings. The quantitative estimate of drug-likeness (QED) is 0.853. The molecule has 1 amide bonds. The van der Waals surface area contributed by atoms with Gasteiger partial charge in [-0.05, 0) is 38.3 Å². The van der Waals surface area contributed by atoms with Crippen LogP contribution in [-0.2, 0) is 16.1 Å². The minimum Gasteiger partial charge on any atom is -0.484 e. The molecule has 2 aliphatic rings. The van der Waals surface area contributed by atoms with Crippen molar-refractivity contribution in [3.63, 3.8) is 0 Å². The maximum atomic E-state index is 12.9. The van der Waals surface area contributed by atoms with Gasteiger partial charge in [0.25, 0.3) is 0 Å². The molecule has 0 aromatic carbocycles. The van der Waals surface area contributed by atoms with Crippen molar-refractivity contribution in [2.24, 2.45) is 5.41 Å². The van der Waals surface area contributed by atoms with Crippen LogP contribution in [0.2, 0.25) is 0 Å². The predicted molar refractivity (Wildman–Crippen MR) is 94.7 cm³/mol. The molecule has 2 aromatic rings. The molecule has 1 aliphatic carbocycles. The standard InChI is InChI=1S/C19H24N4O3/c1-14-2-3-15(10-21-14)26-17-11-25-9-4-16(17)22-18(24)19(5-6-19)12-23-8-7-20-13-23/h2-3,7-8,10,13,16-17H,4-6,9,11-12H2,1H3,(H,22,24)/t16-,17+/m1/s1. The molecule has 1 saturated heterocycles. The molecule has 4 rings (SSSR count). The normalized spacial score (nSPS) is 24.0. The summed E-state index contributed by atoms with van der Waals surface area (Å²) < 4.78 is 13.6. The lowest BCUT2D eigenvalue weighted by Crippen LogP contribution is -2.53. The summed E-state index contributed by atoms with van der Waals surface area (Å²) in [5.41, 5.74) is 0.631. The summed E-state index contributed by atoms with van der Waals surface area (Å²) >= 11 is 0. The fourth-order valence-electron chi connectivity index (χ4n) is 3.35. The predicted octanol–water partition coefficient (Wildman–Crippen LogP) is 1.72. The number of nitrogens with zero attached hydrogens (tertiary/aromatic N) is 3. The van der Waals surface area contributed by atoms with Crippen molar-refractivity contribution in [1.29, 1.82) is 0 Å². The number of nitrogens with one attached hydrogen (secondary N) is 1. The molecule has 0 bridgehead atoms. The Morgan fingerprint density at radius 1 is 1.46 bits per heavy atom. The van der Waals surface area contributed by atoms with E-state index in [1.807, 2.05) is 29.8 Å². The van der Waals surface area contributed by atoms with Gasteiger partial charge in [0, 0.05) is 31.2 Å². The number of carbonyl (C=O) groups is 1. The van der Waals surface area contributed by atoms with Gasteiger partial charge in [0.15, 0.2) is 0 Å². The van der Waals surface area contributed by atoms with Crippen molar-refractivity contribution in [3.8, 4) is 5.75 Å². The average Bonchev–Trinajstić information content (AvgIpc) is 3.25. The Bertz CT molecular complexity index is 741. The van der Waals surface area contributed by atoms with Crippen molar-refractivity contribution in [3.05, 3.63) is 42.7 Å². The Kier molecular flexibility index (Phi) is 4.63. The third-order valence-corrected chi connectivity index (χ3v) is 5.17. The van der Waals surface area contributed by atoms with E-state index < -0.39 is 0 Å². The number of rotatable bonds is 6. The summed E-state index contributed by atoms with van der Waals surface area (Å²) in [4.78, 5) is 21.2. The number of carbonyl (C=O) groups excluding carboxylic acids is 1. The van der Waals surface area contributed by atoms with Crippen LogP contribution in [0.3, 0.4) is 0 Å². The number of ether oxygens (including phenoxy) is 2. The van der Waals surface area contributed by atoms with Crippen molar-refractivity contribution in [1.82, 2.24) is 19.9 Å². The summed E-state index contributed by atoms with van der Waals surface area (Å²) in [6.45, 7) is 3.71. The molecule has 1 saturated carbocycles. The highest BCUT2D eigenvalue weighted by Crippen LogP contribution is 2.47. The summed E-state index contributed by atoms with van der Waals surface area (Å²) in [5, 5.41) is 3.22. The van der Waals surface area contributed by atoms with Crippen LogP contribution < -0.4 is 10.1 Å². The van der Waals surface area contributed by atoms with Gasteiger partial charge in [0.05, 0.1) is 30.6 Å². The summed E-state index contributed by atoms with van der Waals surface area (Å²) in [6.07, 6.45) is 9.48. The van der Waals surface area contributed by atoms with Gasteiger partial charge in [-0.25, -0.2) is 4.98 Å². The average molecular weight is 356 g/mol. The van der Waals surface area contributed by atoms with Gasteiger partial charge in [-0.3, -0.25) is 9.78 Å².